The quantitative estimate of drug-likeness (QED) is 0.311. The summed E-state index contributed by atoms with van der Waals surface area (Å²) in [6.45, 7) is 0.447. The average molecular weight is 193 g/mol. The summed E-state index contributed by atoms with van der Waals surface area (Å²) in [5.41, 5.74) is 16.4. The third-order valence-electron chi connectivity index (χ3n) is 2.47. The van der Waals surface area contributed by atoms with Crippen molar-refractivity contribution in [3.63, 3.8) is 0 Å². The Morgan fingerprint density at radius 3 is 2.21 bits per heavy atom. The molecule has 0 bridgehead atoms. The topological polar surface area (TPSA) is 126 Å². The van der Waals surface area contributed by atoms with Crippen LogP contribution in [-0.2, 0) is 0 Å². The van der Waals surface area contributed by atoms with Crippen LogP contribution in [0.5, 0.6) is 0 Å². The van der Waals surface area contributed by atoms with Gasteiger partial charge in [-0.2, -0.15) is 0 Å². The van der Waals surface area contributed by atoms with E-state index >= 15 is 0 Å². The van der Waals surface area contributed by atoms with Gasteiger partial charge in [-0.15, -0.1) is 0 Å². The van der Waals surface area contributed by atoms with Gasteiger partial charge < -0.3 is 17.2 Å². The minimum absolute atomic E-state index is 0.103. The second kappa shape index (κ2) is 3.63. The minimum atomic E-state index is -0.932. The average Bonchev–Trinajstić information content (AvgIpc) is 2.17. The summed E-state index contributed by atoms with van der Waals surface area (Å²) >= 11 is 0. The van der Waals surface area contributed by atoms with Crippen molar-refractivity contribution in [3.8, 4) is 0 Å². The monoisotopic (exact) mass is 193 g/mol. The zero-order chi connectivity index (χ0) is 10.8. The Hall–Kier alpha value is -1.62. The van der Waals surface area contributed by atoms with Crippen LogP contribution in [0.2, 0.25) is 0 Å². The highest BCUT2D eigenvalue weighted by molar-refractivity contribution is 6.08. The molecule has 0 saturated carbocycles. The first-order valence-corrected chi connectivity index (χ1v) is 4.30. The van der Waals surface area contributed by atoms with Gasteiger partial charge in [0.05, 0.1) is 0 Å². The van der Waals surface area contributed by atoms with Crippen LogP contribution in [0.25, 0.3) is 0 Å². The lowest BCUT2D eigenvalue weighted by Gasteiger charge is -2.29. The van der Waals surface area contributed by atoms with Crippen LogP contribution in [0.4, 0.5) is 0 Å². The van der Waals surface area contributed by atoms with Crippen LogP contribution in [0.1, 0.15) is 6.42 Å². The van der Waals surface area contributed by atoms with E-state index in [9.17, 15) is 0 Å². The standard InChI is InChI=1S/C9H15N5/c10-5-6-1-3-9(4-2-6,7(11)12)8(13)14/h1-3H,4-5,10H2,(H3,11,12)(H3,13,14). The molecule has 8 N–H and O–H groups in total. The van der Waals surface area contributed by atoms with Crippen molar-refractivity contribution in [2.45, 2.75) is 6.42 Å². The Morgan fingerprint density at radius 2 is 1.93 bits per heavy atom. The molecule has 0 saturated heterocycles. The van der Waals surface area contributed by atoms with Gasteiger partial charge in [-0.3, -0.25) is 10.8 Å². The van der Waals surface area contributed by atoms with Gasteiger partial charge in [-0.05, 0) is 12.0 Å². The van der Waals surface area contributed by atoms with Crippen molar-refractivity contribution in [1.29, 1.82) is 10.8 Å². The molecule has 0 heterocycles. The Bertz CT molecular complexity index is 312. The van der Waals surface area contributed by atoms with Crippen molar-refractivity contribution in [3.05, 3.63) is 23.8 Å². The third kappa shape index (κ3) is 1.54. The molecule has 0 aliphatic heterocycles. The molecule has 0 atom stereocenters. The van der Waals surface area contributed by atoms with Gasteiger partial charge >= 0.3 is 0 Å². The molecule has 1 aliphatic carbocycles. The fourth-order valence-electron chi connectivity index (χ4n) is 1.37. The van der Waals surface area contributed by atoms with E-state index in [0.29, 0.717) is 13.0 Å². The van der Waals surface area contributed by atoms with Crippen molar-refractivity contribution < 1.29 is 0 Å². The van der Waals surface area contributed by atoms with Crippen molar-refractivity contribution in [1.82, 2.24) is 0 Å². The van der Waals surface area contributed by atoms with Crippen LogP contribution in [0, 0.1) is 16.2 Å². The number of allylic oxidation sites excluding steroid dienone is 1. The molecule has 0 amide bonds. The minimum Gasteiger partial charge on any atom is -0.387 e. The highest BCUT2D eigenvalue weighted by Crippen LogP contribution is 2.29. The molecule has 0 aromatic heterocycles. The summed E-state index contributed by atoms with van der Waals surface area (Å²) in [6.07, 6.45) is 5.76. The van der Waals surface area contributed by atoms with E-state index in [1.807, 2.05) is 6.08 Å². The molecule has 0 spiro atoms. The molecule has 5 nitrogen and oxygen atoms in total. The Labute approximate surface area is 82.7 Å². The van der Waals surface area contributed by atoms with Gasteiger partial charge in [0.1, 0.15) is 17.1 Å². The van der Waals surface area contributed by atoms with Crippen LogP contribution < -0.4 is 17.2 Å². The molecule has 0 unspecified atom stereocenters. The maximum atomic E-state index is 7.44. The van der Waals surface area contributed by atoms with Crippen LogP contribution in [0.3, 0.4) is 0 Å². The lowest BCUT2D eigenvalue weighted by atomic mass is 9.78. The van der Waals surface area contributed by atoms with E-state index < -0.39 is 5.41 Å². The first kappa shape index (κ1) is 10.5. The molecule has 14 heavy (non-hydrogen) atoms. The van der Waals surface area contributed by atoms with Gasteiger partial charge in [-0.25, -0.2) is 0 Å². The van der Waals surface area contributed by atoms with E-state index in [-0.39, 0.29) is 11.7 Å². The van der Waals surface area contributed by atoms with E-state index in [1.54, 1.807) is 12.2 Å². The Kier molecular flexibility index (Phi) is 2.71. The molecule has 0 radical (unpaired) electrons. The molecule has 0 aromatic carbocycles. The number of amidine groups is 2. The Morgan fingerprint density at radius 1 is 1.36 bits per heavy atom. The van der Waals surface area contributed by atoms with E-state index in [1.165, 1.54) is 0 Å². The largest absolute Gasteiger partial charge is 0.387 e. The lowest BCUT2D eigenvalue weighted by Crippen LogP contribution is -2.46. The summed E-state index contributed by atoms with van der Waals surface area (Å²) in [6, 6.07) is 0. The van der Waals surface area contributed by atoms with Crippen LogP contribution in [0.15, 0.2) is 23.8 Å². The Balaban J connectivity index is 2.99. The zero-order valence-corrected chi connectivity index (χ0v) is 7.88. The molecule has 5 heteroatoms. The van der Waals surface area contributed by atoms with Crippen molar-refractivity contribution >= 4 is 11.7 Å². The predicted octanol–water partition coefficient (Wildman–Crippen LogP) is -0.310. The van der Waals surface area contributed by atoms with Gasteiger partial charge in [0.25, 0.3) is 0 Å². The fraction of sp³-hybridized carbons (Fsp3) is 0.333. The van der Waals surface area contributed by atoms with Gasteiger partial charge in [0, 0.05) is 6.54 Å². The van der Waals surface area contributed by atoms with Crippen LogP contribution in [-0.4, -0.2) is 18.2 Å². The summed E-state index contributed by atoms with van der Waals surface area (Å²) in [7, 11) is 0. The second-order valence-electron chi connectivity index (χ2n) is 3.32. The molecule has 1 aliphatic rings. The molecule has 1 rings (SSSR count). The highest BCUT2D eigenvalue weighted by Gasteiger charge is 2.35. The number of nitrogens with one attached hydrogen (secondary N) is 2. The smallest absolute Gasteiger partial charge is 0.109 e. The highest BCUT2D eigenvalue weighted by atomic mass is 14.8. The summed E-state index contributed by atoms with van der Waals surface area (Å²) in [5, 5.41) is 14.9. The van der Waals surface area contributed by atoms with Crippen molar-refractivity contribution in [2.75, 3.05) is 6.54 Å². The first-order chi connectivity index (χ1) is 6.53. The van der Waals surface area contributed by atoms with E-state index in [0.717, 1.165) is 5.57 Å². The number of nitrogens with two attached hydrogens (primary N) is 3. The second-order valence-corrected chi connectivity index (χ2v) is 3.32. The number of hydrogen-bond donors (Lipinski definition) is 5. The number of hydrogen-bond acceptors (Lipinski definition) is 3. The normalized spacial score (nSPS) is 25.6. The summed E-state index contributed by atoms with van der Waals surface area (Å²) in [5.74, 6) is -0.206. The predicted molar refractivity (Wildman–Crippen MR) is 57.2 cm³/mol. The summed E-state index contributed by atoms with van der Waals surface area (Å²) < 4.78 is 0. The molecule has 0 aromatic rings. The fourth-order valence-corrected chi connectivity index (χ4v) is 1.37. The maximum Gasteiger partial charge on any atom is 0.109 e. The summed E-state index contributed by atoms with van der Waals surface area (Å²) in [4.78, 5) is 0. The van der Waals surface area contributed by atoms with Gasteiger partial charge in [0.2, 0.25) is 0 Å². The van der Waals surface area contributed by atoms with E-state index in [2.05, 4.69) is 0 Å². The van der Waals surface area contributed by atoms with Crippen LogP contribution >= 0.6 is 0 Å². The molecular weight excluding hydrogens is 178 g/mol. The van der Waals surface area contributed by atoms with Gasteiger partial charge in [-0.1, -0.05) is 18.2 Å². The molecule has 0 fully saturated rings. The SMILES string of the molecule is N=C(N)C1(C(=N)N)C=CC(CN)=CC1. The number of rotatable bonds is 3. The van der Waals surface area contributed by atoms with Crippen molar-refractivity contribution in [2.24, 2.45) is 22.6 Å². The maximum absolute atomic E-state index is 7.44. The zero-order valence-electron chi connectivity index (χ0n) is 7.88. The van der Waals surface area contributed by atoms with E-state index in [4.69, 9.17) is 28.0 Å². The lowest BCUT2D eigenvalue weighted by molar-refractivity contribution is 0.696. The first-order valence-electron chi connectivity index (χ1n) is 4.30. The third-order valence-corrected chi connectivity index (χ3v) is 2.47. The van der Waals surface area contributed by atoms with Gasteiger partial charge in [0.15, 0.2) is 0 Å². The molecular formula is C9H15N5. The molecule has 76 valence electrons.